The summed E-state index contributed by atoms with van der Waals surface area (Å²) >= 11 is 7.83. The van der Waals surface area contributed by atoms with Crippen LogP contribution in [0.3, 0.4) is 0 Å². The van der Waals surface area contributed by atoms with Crippen molar-refractivity contribution in [2.45, 2.75) is 6.54 Å². The van der Waals surface area contributed by atoms with Crippen molar-refractivity contribution in [3.63, 3.8) is 0 Å². The van der Waals surface area contributed by atoms with E-state index in [0.717, 1.165) is 42.1 Å². The second-order valence-electron chi connectivity index (χ2n) is 7.42. The van der Waals surface area contributed by atoms with Crippen LogP contribution in [0.15, 0.2) is 64.8 Å². The molecule has 1 N–H and O–H groups in total. The molecule has 0 bridgehead atoms. The van der Waals surface area contributed by atoms with Crippen molar-refractivity contribution < 1.29 is 0 Å². The third kappa shape index (κ3) is 3.74. The SMILES string of the molecule is O=c1[nH]c(CN2CCN(c3ccccc3)CC2)nc2scc(-c3ccccc3Cl)c12. The zero-order valence-corrected chi connectivity index (χ0v) is 17.9. The molecule has 0 aliphatic carbocycles. The molecule has 152 valence electrons. The van der Waals surface area contributed by atoms with Crippen LogP contribution in [0.5, 0.6) is 0 Å². The summed E-state index contributed by atoms with van der Waals surface area (Å²) in [4.78, 5) is 26.1. The number of benzene rings is 2. The molecule has 0 saturated carbocycles. The molecule has 0 radical (unpaired) electrons. The number of anilines is 1. The van der Waals surface area contributed by atoms with E-state index >= 15 is 0 Å². The summed E-state index contributed by atoms with van der Waals surface area (Å²) in [7, 11) is 0. The van der Waals surface area contributed by atoms with Crippen LogP contribution in [-0.4, -0.2) is 41.0 Å². The minimum atomic E-state index is -0.103. The van der Waals surface area contributed by atoms with Gasteiger partial charge in [-0.15, -0.1) is 11.3 Å². The van der Waals surface area contributed by atoms with Crippen molar-refractivity contribution in [1.82, 2.24) is 14.9 Å². The van der Waals surface area contributed by atoms with E-state index in [2.05, 4.69) is 39.0 Å². The van der Waals surface area contributed by atoms with E-state index in [1.54, 1.807) is 0 Å². The average molecular weight is 437 g/mol. The first kappa shape index (κ1) is 19.3. The number of hydrogen-bond donors (Lipinski definition) is 1. The number of H-pyrrole nitrogens is 1. The van der Waals surface area contributed by atoms with Crippen LogP contribution in [0.25, 0.3) is 21.3 Å². The van der Waals surface area contributed by atoms with Gasteiger partial charge < -0.3 is 9.88 Å². The Morgan fingerprint density at radius 2 is 1.70 bits per heavy atom. The van der Waals surface area contributed by atoms with E-state index in [9.17, 15) is 4.79 Å². The van der Waals surface area contributed by atoms with Gasteiger partial charge in [0, 0.05) is 53.4 Å². The smallest absolute Gasteiger partial charge is 0.260 e. The van der Waals surface area contributed by atoms with Crippen molar-refractivity contribution in [2.75, 3.05) is 31.1 Å². The van der Waals surface area contributed by atoms with Crippen molar-refractivity contribution in [2.24, 2.45) is 0 Å². The average Bonchev–Trinajstić information content (AvgIpc) is 3.20. The van der Waals surface area contributed by atoms with Gasteiger partial charge in [0.2, 0.25) is 0 Å². The summed E-state index contributed by atoms with van der Waals surface area (Å²) < 4.78 is 0. The monoisotopic (exact) mass is 436 g/mol. The Morgan fingerprint density at radius 1 is 0.967 bits per heavy atom. The van der Waals surface area contributed by atoms with E-state index in [4.69, 9.17) is 16.6 Å². The zero-order chi connectivity index (χ0) is 20.5. The van der Waals surface area contributed by atoms with E-state index in [1.807, 2.05) is 35.7 Å². The van der Waals surface area contributed by atoms with Crippen molar-refractivity contribution in [3.8, 4) is 11.1 Å². The fraction of sp³-hybridized carbons (Fsp3) is 0.217. The van der Waals surface area contributed by atoms with Gasteiger partial charge in [0.15, 0.2) is 0 Å². The Bertz CT molecular complexity index is 1230. The summed E-state index contributed by atoms with van der Waals surface area (Å²) in [5.41, 5.74) is 2.87. The van der Waals surface area contributed by atoms with Gasteiger partial charge in [0.25, 0.3) is 5.56 Å². The number of aromatic nitrogens is 2. The molecule has 30 heavy (non-hydrogen) atoms. The first-order valence-electron chi connectivity index (χ1n) is 9.97. The van der Waals surface area contributed by atoms with Gasteiger partial charge in [0.05, 0.1) is 11.9 Å². The molecule has 5 rings (SSSR count). The van der Waals surface area contributed by atoms with E-state index in [1.165, 1.54) is 17.0 Å². The molecule has 1 saturated heterocycles. The third-order valence-electron chi connectivity index (χ3n) is 5.52. The largest absolute Gasteiger partial charge is 0.369 e. The molecule has 7 heteroatoms. The van der Waals surface area contributed by atoms with Gasteiger partial charge in [0.1, 0.15) is 10.7 Å². The minimum absolute atomic E-state index is 0.103. The molecule has 1 aliphatic heterocycles. The highest BCUT2D eigenvalue weighted by Crippen LogP contribution is 2.34. The standard InChI is InChI=1S/C23H21ClN4OS/c24-19-9-5-4-8-17(19)18-15-30-23-21(18)22(29)25-20(26-23)14-27-10-12-28(13-11-27)16-6-2-1-3-7-16/h1-9,15H,10-14H2,(H,25,26,29). The molecule has 0 spiro atoms. The van der Waals surface area contributed by atoms with Gasteiger partial charge in [-0.05, 0) is 18.2 Å². The van der Waals surface area contributed by atoms with Crippen LogP contribution in [0.1, 0.15) is 5.82 Å². The van der Waals surface area contributed by atoms with E-state index in [0.29, 0.717) is 22.8 Å². The Labute approximate surface area is 183 Å². The number of hydrogen-bond acceptors (Lipinski definition) is 5. The molecule has 4 aromatic rings. The van der Waals surface area contributed by atoms with Crippen molar-refractivity contribution in [1.29, 1.82) is 0 Å². The van der Waals surface area contributed by atoms with Gasteiger partial charge in [-0.25, -0.2) is 4.98 Å². The number of piperazine rings is 1. The summed E-state index contributed by atoms with van der Waals surface area (Å²) in [5.74, 6) is 0.716. The molecule has 5 nitrogen and oxygen atoms in total. The van der Waals surface area contributed by atoms with E-state index in [-0.39, 0.29) is 5.56 Å². The molecule has 1 fully saturated rings. The predicted molar refractivity (Wildman–Crippen MR) is 125 cm³/mol. The van der Waals surface area contributed by atoms with Crippen LogP contribution >= 0.6 is 22.9 Å². The van der Waals surface area contributed by atoms with Gasteiger partial charge in [-0.3, -0.25) is 9.69 Å². The Morgan fingerprint density at radius 3 is 2.47 bits per heavy atom. The number of thiophene rings is 1. The van der Waals surface area contributed by atoms with Crippen LogP contribution in [0.4, 0.5) is 5.69 Å². The molecule has 0 atom stereocenters. The third-order valence-corrected chi connectivity index (χ3v) is 6.73. The molecule has 2 aromatic heterocycles. The normalized spacial score (nSPS) is 15.0. The molecule has 0 unspecified atom stereocenters. The van der Waals surface area contributed by atoms with Gasteiger partial charge >= 0.3 is 0 Å². The molecule has 0 amide bonds. The number of rotatable bonds is 4. The summed E-state index contributed by atoms with van der Waals surface area (Å²) in [6.45, 7) is 4.45. The van der Waals surface area contributed by atoms with Crippen LogP contribution < -0.4 is 10.5 Å². The second kappa shape index (κ2) is 8.22. The number of aromatic amines is 1. The topological polar surface area (TPSA) is 52.2 Å². The second-order valence-corrected chi connectivity index (χ2v) is 8.69. The van der Waals surface area contributed by atoms with Crippen molar-refractivity contribution >= 4 is 38.8 Å². The lowest BCUT2D eigenvalue weighted by atomic mass is 10.1. The fourth-order valence-corrected chi connectivity index (χ4v) is 5.16. The Hall–Kier alpha value is -2.67. The molecule has 2 aromatic carbocycles. The van der Waals surface area contributed by atoms with E-state index < -0.39 is 0 Å². The Balaban J connectivity index is 1.34. The molecule has 1 aliphatic rings. The molecular formula is C23H21ClN4OS. The molecular weight excluding hydrogens is 416 g/mol. The number of nitrogens with zero attached hydrogens (tertiary/aromatic N) is 3. The number of para-hydroxylation sites is 1. The highest BCUT2D eigenvalue weighted by atomic mass is 35.5. The molecule has 3 heterocycles. The summed E-state index contributed by atoms with van der Waals surface area (Å²) in [5, 5.41) is 3.22. The summed E-state index contributed by atoms with van der Waals surface area (Å²) in [6, 6.07) is 18.1. The number of fused-ring (bicyclic) bond motifs is 1. The lowest BCUT2D eigenvalue weighted by Gasteiger charge is -2.35. The maximum atomic E-state index is 12.9. The minimum Gasteiger partial charge on any atom is -0.369 e. The van der Waals surface area contributed by atoms with Crippen LogP contribution in [-0.2, 0) is 6.54 Å². The first-order valence-corrected chi connectivity index (χ1v) is 11.2. The summed E-state index contributed by atoms with van der Waals surface area (Å²) in [6.07, 6.45) is 0. The fourth-order valence-electron chi connectivity index (χ4n) is 3.96. The lowest BCUT2D eigenvalue weighted by molar-refractivity contribution is 0.244. The quantitative estimate of drug-likeness (QED) is 0.507. The van der Waals surface area contributed by atoms with Crippen molar-refractivity contribution in [3.05, 3.63) is 81.2 Å². The number of halogens is 1. The lowest BCUT2D eigenvalue weighted by Crippen LogP contribution is -2.46. The van der Waals surface area contributed by atoms with Gasteiger partial charge in [-0.1, -0.05) is 48.0 Å². The predicted octanol–water partition coefficient (Wildman–Crippen LogP) is 4.63. The zero-order valence-electron chi connectivity index (χ0n) is 16.3. The van der Waals surface area contributed by atoms with Gasteiger partial charge in [-0.2, -0.15) is 0 Å². The maximum Gasteiger partial charge on any atom is 0.260 e. The maximum absolute atomic E-state index is 12.9. The highest BCUT2D eigenvalue weighted by Gasteiger charge is 2.19. The van der Waals surface area contributed by atoms with Crippen LogP contribution in [0, 0.1) is 0 Å². The Kier molecular flexibility index (Phi) is 5.29. The number of nitrogens with one attached hydrogen (secondary N) is 1. The highest BCUT2D eigenvalue weighted by molar-refractivity contribution is 7.17. The van der Waals surface area contributed by atoms with Crippen LogP contribution in [0.2, 0.25) is 5.02 Å². The first-order chi connectivity index (χ1) is 14.7.